The van der Waals surface area contributed by atoms with Crippen molar-refractivity contribution >= 4 is 29.1 Å². The third-order valence-electron chi connectivity index (χ3n) is 6.45. The summed E-state index contributed by atoms with van der Waals surface area (Å²) in [6.45, 7) is 0.929. The molecule has 1 unspecified atom stereocenters. The summed E-state index contributed by atoms with van der Waals surface area (Å²) >= 11 is 0. The van der Waals surface area contributed by atoms with E-state index in [1.165, 1.54) is 24.1 Å². The Morgan fingerprint density at radius 1 is 0.971 bits per heavy atom. The van der Waals surface area contributed by atoms with Crippen LogP contribution in [0.1, 0.15) is 50.7 Å². The molecular formula is C26H27FN4O4. The number of carbonyl (C=O) groups is 4. The molecule has 9 heteroatoms. The number of hydrogen-bond acceptors (Lipinski definition) is 5. The largest absolute Gasteiger partial charge is 0.355 e. The van der Waals surface area contributed by atoms with Crippen LogP contribution in [0.4, 0.5) is 4.39 Å². The molecule has 3 N–H and O–H groups in total. The lowest BCUT2D eigenvalue weighted by Crippen LogP contribution is -2.52. The highest BCUT2D eigenvalue weighted by Gasteiger charge is 2.34. The molecule has 1 aliphatic carbocycles. The molecule has 0 spiro atoms. The predicted molar refractivity (Wildman–Crippen MR) is 128 cm³/mol. The molecule has 1 saturated heterocycles. The van der Waals surface area contributed by atoms with Crippen LogP contribution in [-0.2, 0) is 9.59 Å². The van der Waals surface area contributed by atoms with Gasteiger partial charge in [-0.1, -0.05) is 24.3 Å². The number of halogens is 1. The maximum Gasteiger partial charge on any atom is 0.295 e. The van der Waals surface area contributed by atoms with Gasteiger partial charge in [0, 0.05) is 61.5 Å². The molecule has 182 valence electrons. The van der Waals surface area contributed by atoms with E-state index in [4.69, 9.17) is 5.73 Å². The summed E-state index contributed by atoms with van der Waals surface area (Å²) in [5, 5.41) is 2.51. The molecule has 1 heterocycles. The number of ketones is 1. The van der Waals surface area contributed by atoms with Crippen LogP contribution in [-0.4, -0.2) is 66.5 Å². The van der Waals surface area contributed by atoms with Crippen molar-refractivity contribution in [2.24, 2.45) is 5.73 Å². The average Bonchev–Trinajstić information content (AvgIpc) is 3.07. The Labute approximate surface area is 202 Å². The minimum absolute atomic E-state index is 0.0796. The zero-order chi connectivity index (χ0) is 25.1. The van der Waals surface area contributed by atoms with Gasteiger partial charge in [0.1, 0.15) is 5.82 Å². The number of nitrogens with two attached hydrogens (primary N) is 1. The Morgan fingerprint density at radius 3 is 2.29 bits per heavy atom. The second-order valence-corrected chi connectivity index (χ2v) is 8.54. The zero-order valence-electron chi connectivity index (χ0n) is 19.4. The number of allylic oxidation sites excluding steroid dienone is 1. The Morgan fingerprint density at radius 2 is 1.63 bits per heavy atom. The molecule has 0 aromatic heterocycles. The van der Waals surface area contributed by atoms with E-state index in [1.807, 2.05) is 6.07 Å². The first-order valence-electron chi connectivity index (χ1n) is 11.5. The minimum Gasteiger partial charge on any atom is -0.355 e. The molecule has 2 aromatic carbocycles. The number of carbonyl (C=O) groups excluding carboxylic acids is 4. The first-order chi connectivity index (χ1) is 16.8. The highest BCUT2D eigenvalue weighted by atomic mass is 19.1. The van der Waals surface area contributed by atoms with E-state index in [-0.39, 0.29) is 54.3 Å². The molecule has 8 nitrogen and oxygen atoms in total. The number of hydrogen-bond donors (Lipinski definition) is 2. The van der Waals surface area contributed by atoms with E-state index >= 15 is 4.39 Å². The molecule has 2 aromatic rings. The van der Waals surface area contributed by atoms with Gasteiger partial charge in [0.15, 0.2) is 0 Å². The molecule has 3 amide bonds. The number of amides is 3. The zero-order valence-corrected chi connectivity index (χ0v) is 19.4. The molecule has 4 rings (SSSR count). The number of rotatable bonds is 4. The lowest BCUT2D eigenvalue weighted by Gasteiger charge is -2.34. The number of fused-ring (bicyclic) bond motifs is 1. The van der Waals surface area contributed by atoms with E-state index in [0.29, 0.717) is 18.4 Å². The first-order valence-corrected chi connectivity index (χ1v) is 11.5. The molecule has 0 radical (unpaired) electrons. The van der Waals surface area contributed by atoms with Gasteiger partial charge in [-0.3, -0.25) is 19.2 Å². The lowest BCUT2D eigenvalue weighted by molar-refractivity contribution is -0.142. The highest BCUT2D eigenvalue weighted by Crippen LogP contribution is 2.36. The number of benzene rings is 2. The Hall–Kier alpha value is -3.85. The number of nitrogens with one attached hydrogen (secondary N) is 1. The molecule has 1 fully saturated rings. The van der Waals surface area contributed by atoms with Crippen molar-refractivity contribution in [1.82, 2.24) is 15.1 Å². The monoisotopic (exact) mass is 478 g/mol. The normalized spacial score (nSPS) is 17.7. The molecule has 35 heavy (non-hydrogen) atoms. The fourth-order valence-corrected chi connectivity index (χ4v) is 4.58. The SMILES string of the molecule is CNC(=O)c1ccc(F)c2c1C(N)CCC=C2C(=O)C(=O)N1CCN(C(=O)c2ccccc2)CC1. The summed E-state index contributed by atoms with van der Waals surface area (Å²) in [6.07, 6.45) is 2.28. The fraction of sp³-hybridized carbons (Fsp3) is 0.308. The second kappa shape index (κ2) is 10.2. The van der Waals surface area contributed by atoms with Crippen LogP contribution in [0.25, 0.3) is 5.57 Å². The summed E-state index contributed by atoms with van der Waals surface area (Å²) in [7, 11) is 1.45. The van der Waals surface area contributed by atoms with Gasteiger partial charge in [0.05, 0.1) is 0 Å². The van der Waals surface area contributed by atoms with Crippen molar-refractivity contribution in [3.8, 4) is 0 Å². The predicted octanol–water partition coefficient (Wildman–Crippen LogP) is 1.92. The van der Waals surface area contributed by atoms with Gasteiger partial charge in [-0.25, -0.2) is 4.39 Å². The van der Waals surface area contributed by atoms with Crippen LogP contribution in [0.5, 0.6) is 0 Å². The maximum atomic E-state index is 15.0. The smallest absolute Gasteiger partial charge is 0.295 e. The summed E-state index contributed by atoms with van der Waals surface area (Å²) in [5.41, 5.74) is 7.05. The fourth-order valence-electron chi connectivity index (χ4n) is 4.58. The molecular weight excluding hydrogens is 451 g/mol. The summed E-state index contributed by atoms with van der Waals surface area (Å²) < 4.78 is 15.0. The van der Waals surface area contributed by atoms with Crippen LogP contribution in [0.15, 0.2) is 48.5 Å². The quantitative estimate of drug-likeness (QED) is 0.652. The summed E-state index contributed by atoms with van der Waals surface area (Å²) in [6, 6.07) is 10.6. The number of Topliss-reactive ketones (excluding diaryl/α,β-unsaturated/α-hetero) is 1. The topological polar surface area (TPSA) is 113 Å². The third kappa shape index (κ3) is 4.72. The molecule has 2 aliphatic rings. The summed E-state index contributed by atoms with van der Waals surface area (Å²) in [5.74, 6) is -2.92. The highest BCUT2D eigenvalue weighted by molar-refractivity contribution is 6.53. The van der Waals surface area contributed by atoms with Crippen molar-refractivity contribution < 1.29 is 23.6 Å². The average molecular weight is 479 g/mol. The van der Waals surface area contributed by atoms with Crippen LogP contribution < -0.4 is 11.1 Å². The first kappa shape index (κ1) is 24.3. The van der Waals surface area contributed by atoms with Gasteiger partial charge in [0.25, 0.3) is 23.5 Å². The van der Waals surface area contributed by atoms with Crippen molar-refractivity contribution in [1.29, 1.82) is 0 Å². The standard InChI is InChI=1S/C26H27FN4O4/c1-29-24(33)18-10-11-19(27)21-17(8-5-9-20(28)22(18)21)23(32)26(35)31-14-12-30(13-15-31)25(34)16-6-3-2-4-7-16/h2-4,6-8,10-11,20H,5,9,12-15,28H2,1H3,(H,29,33). The van der Waals surface area contributed by atoms with Gasteiger partial charge in [-0.15, -0.1) is 0 Å². The summed E-state index contributed by atoms with van der Waals surface area (Å²) in [4.78, 5) is 54.5. The van der Waals surface area contributed by atoms with Crippen LogP contribution in [0.2, 0.25) is 0 Å². The third-order valence-corrected chi connectivity index (χ3v) is 6.45. The molecule has 1 atom stereocenters. The van der Waals surface area contributed by atoms with Gasteiger partial charge in [-0.2, -0.15) is 0 Å². The van der Waals surface area contributed by atoms with Gasteiger partial charge < -0.3 is 20.9 Å². The van der Waals surface area contributed by atoms with E-state index in [0.717, 1.165) is 6.07 Å². The molecule has 1 aliphatic heterocycles. The van der Waals surface area contributed by atoms with Gasteiger partial charge >= 0.3 is 0 Å². The van der Waals surface area contributed by atoms with Crippen molar-refractivity contribution in [2.75, 3.05) is 33.2 Å². The van der Waals surface area contributed by atoms with Crippen molar-refractivity contribution in [3.63, 3.8) is 0 Å². The minimum atomic E-state index is -0.851. The maximum absolute atomic E-state index is 15.0. The van der Waals surface area contributed by atoms with Gasteiger partial charge in [0.2, 0.25) is 0 Å². The Balaban J connectivity index is 1.55. The number of nitrogens with zero attached hydrogens (tertiary/aromatic N) is 2. The van der Waals surface area contributed by atoms with E-state index in [9.17, 15) is 19.2 Å². The van der Waals surface area contributed by atoms with Crippen LogP contribution in [0.3, 0.4) is 0 Å². The van der Waals surface area contributed by atoms with Crippen molar-refractivity contribution in [3.05, 3.63) is 76.6 Å². The van der Waals surface area contributed by atoms with E-state index in [1.54, 1.807) is 29.2 Å². The Bertz CT molecular complexity index is 1200. The van der Waals surface area contributed by atoms with Crippen LogP contribution >= 0.6 is 0 Å². The van der Waals surface area contributed by atoms with Crippen molar-refractivity contribution in [2.45, 2.75) is 18.9 Å². The van der Waals surface area contributed by atoms with E-state index in [2.05, 4.69) is 5.32 Å². The molecule has 0 bridgehead atoms. The Kier molecular flexibility index (Phi) is 7.07. The van der Waals surface area contributed by atoms with Gasteiger partial charge in [-0.05, 0) is 42.7 Å². The number of piperazine rings is 1. The second-order valence-electron chi connectivity index (χ2n) is 8.54. The lowest BCUT2D eigenvalue weighted by atomic mass is 9.89. The van der Waals surface area contributed by atoms with E-state index < -0.39 is 29.5 Å². The molecule has 0 saturated carbocycles. The van der Waals surface area contributed by atoms with Crippen LogP contribution in [0, 0.1) is 5.82 Å².